The van der Waals surface area contributed by atoms with E-state index in [-0.39, 0.29) is 11.5 Å². The summed E-state index contributed by atoms with van der Waals surface area (Å²) in [7, 11) is 1.72. The highest BCUT2D eigenvalue weighted by Gasteiger charge is 2.40. The van der Waals surface area contributed by atoms with E-state index in [9.17, 15) is 0 Å². The monoisotopic (exact) mass is 265 g/mol. The number of methoxy groups -OCH3 is 1. The second kappa shape index (κ2) is 5.21. The van der Waals surface area contributed by atoms with Gasteiger partial charge in [0.1, 0.15) is 6.10 Å². The van der Waals surface area contributed by atoms with Crippen LogP contribution >= 0.6 is 0 Å². The van der Waals surface area contributed by atoms with Crippen LogP contribution in [0.2, 0.25) is 0 Å². The van der Waals surface area contributed by atoms with Gasteiger partial charge in [-0.15, -0.1) is 0 Å². The largest absolute Gasteiger partial charge is 0.373 e. The van der Waals surface area contributed by atoms with Crippen LogP contribution in [0.3, 0.4) is 0 Å². The van der Waals surface area contributed by atoms with Crippen molar-refractivity contribution >= 4 is 0 Å². The van der Waals surface area contributed by atoms with Crippen molar-refractivity contribution in [1.29, 1.82) is 0 Å². The van der Waals surface area contributed by atoms with E-state index < -0.39 is 0 Å². The Bertz CT molecular complexity index is 422. The highest BCUT2D eigenvalue weighted by Crippen LogP contribution is 2.43. The van der Waals surface area contributed by atoms with Gasteiger partial charge in [-0.3, -0.25) is 0 Å². The molecule has 0 saturated heterocycles. The minimum Gasteiger partial charge on any atom is -0.373 e. The van der Waals surface area contributed by atoms with E-state index in [1.54, 1.807) is 7.11 Å². The number of aromatic nitrogens is 2. The average Bonchev–Trinajstić information content (AvgIpc) is 3.17. The fraction of sp³-hybridized carbons (Fsp3) is 0.857. The molecule has 2 aliphatic rings. The minimum atomic E-state index is -0.0919. The molecule has 0 aromatic carbocycles. The summed E-state index contributed by atoms with van der Waals surface area (Å²) >= 11 is 0. The summed E-state index contributed by atoms with van der Waals surface area (Å²) in [5.74, 6) is 2.00. The number of nitrogens with two attached hydrogens (primary N) is 1. The summed E-state index contributed by atoms with van der Waals surface area (Å²) in [6.07, 6.45) is 8.20. The molecule has 3 rings (SSSR count). The molecule has 106 valence electrons. The van der Waals surface area contributed by atoms with Crippen LogP contribution in [0.1, 0.15) is 62.8 Å². The number of hydrogen-bond donors (Lipinski definition) is 1. The summed E-state index contributed by atoms with van der Waals surface area (Å²) in [5.41, 5.74) is 5.91. The highest BCUT2D eigenvalue weighted by molar-refractivity contribution is 5.09. The standard InChI is InChI=1S/C14H23N3O2/c1-18-11(10-5-6-10)12-16-13(19-17-12)14(9-15)7-3-2-4-8-14/h10-11H,2-9,15H2,1H3. The van der Waals surface area contributed by atoms with E-state index in [1.165, 1.54) is 32.1 Å². The third-order valence-electron chi connectivity index (χ3n) is 4.66. The molecule has 19 heavy (non-hydrogen) atoms. The first-order chi connectivity index (χ1) is 9.29. The molecule has 0 bridgehead atoms. The molecule has 0 aliphatic heterocycles. The summed E-state index contributed by atoms with van der Waals surface area (Å²) in [4.78, 5) is 4.63. The normalized spacial score (nSPS) is 24.3. The fourth-order valence-corrected chi connectivity index (χ4v) is 3.21. The lowest BCUT2D eigenvalue weighted by molar-refractivity contribution is 0.0751. The molecule has 1 aromatic rings. The molecule has 2 N–H and O–H groups in total. The molecule has 0 amide bonds. The van der Waals surface area contributed by atoms with Crippen molar-refractivity contribution in [3.05, 3.63) is 11.7 Å². The Hall–Kier alpha value is -0.940. The smallest absolute Gasteiger partial charge is 0.234 e. The van der Waals surface area contributed by atoms with Crippen molar-refractivity contribution in [3.63, 3.8) is 0 Å². The third-order valence-corrected chi connectivity index (χ3v) is 4.66. The van der Waals surface area contributed by atoms with Gasteiger partial charge in [-0.25, -0.2) is 0 Å². The van der Waals surface area contributed by atoms with Crippen LogP contribution in [-0.4, -0.2) is 23.8 Å². The summed E-state index contributed by atoms with van der Waals surface area (Å²) in [5, 5.41) is 4.15. The van der Waals surface area contributed by atoms with Gasteiger partial charge >= 0.3 is 0 Å². The number of hydrogen-bond acceptors (Lipinski definition) is 5. The first-order valence-corrected chi connectivity index (χ1v) is 7.36. The predicted octanol–water partition coefficient (Wildman–Crippen LogP) is 2.33. The van der Waals surface area contributed by atoms with Crippen molar-refractivity contribution in [2.45, 2.75) is 56.5 Å². The molecule has 0 spiro atoms. The van der Waals surface area contributed by atoms with Crippen LogP contribution in [0.4, 0.5) is 0 Å². The van der Waals surface area contributed by atoms with Gasteiger partial charge in [-0.05, 0) is 31.6 Å². The number of rotatable bonds is 5. The Morgan fingerprint density at radius 1 is 1.37 bits per heavy atom. The van der Waals surface area contributed by atoms with Crippen LogP contribution in [0, 0.1) is 5.92 Å². The van der Waals surface area contributed by atoms with Crippen LogP contribution in [0.25, 0.3) is 0 Å². The summed E-state index contributed by atoms with van der Waals surface area (Å²) in [6.45, 7) is 0.593. The molecule has 5 nitrogen and oxygen atoms in total. The second-order valence-electron chi connectivity index (χ2n) is 6.00. The van der Waals surface area contributed by atoms with Crippen LogP contribution in [0.15, 0.2) is 4.52 Å². The topological polar surface area (TPSA) is 74.2 Å². The third kappa shape index (κ3) is 2.41. The molecule has 1 unspecified atom stereocenters. The van der Waals surface area contributed by atoms with Gasteiger partial charge in [0, 0.05) is 13.7 Å². The molecular formula is C14H23N3O2. The van der Waals surface area contributed by atoms with E-state index in [4.69, 9.17) is 15.0 Å². The first-order valence-electron chi connectivity index (χ1n) is 7.36. The average molecular weight is 265 g/mol. The van der Waals surface area contributed by atoms with Crippen LogP contribution in [-0.2, 0) is 10.2 Å². The minimum absolute atomic E-state index is 0.00378. The molecule has 0 radical (unpaired) electrons. The molecule has 1 atom stereocenters. The van der Waals surface area contributed by atoms with Crippen molar-refractivity contribution in [2.75, 3.05) is 13.7 Å². The maximum absolute atomic E-state index is 6.00. The van der Waals surface area contributed by atoms with Crippen molar-refractivity contribution < 1.29 is 9.26 Å². The van der Waals surface area contributed by atoms with Crippen molar-refractivity contribution in [3.8, 4) is 0 Å². The van der Waals surface area contributed by atoms with E-state index in [2.05, 4.69) is 10.1 Å². The van der Waals surface area contributed by atoms with Gasteiger partial charge in [0.25, 0.3) is 0 Å². The molecule has 2 saturated carbocycles. The molecule has 2 fully saturated rings. The van der Waals surface area contributed by atoms with Gasteiger partial charge in [-0.1, -0.05) is 24.4 Å². The Kier molecular flexibility index (Phi) is 3.58. The zero-order chi connectivity index (χ0) is 13.3. The number of nitrogens with zero attached hydrogens (tertiary/aromatic N) is 2. The lowest BCUT2D eigenvalue weighted by atomic mass is 9.74. The van der Waals surface area contributed by atoms with E-state index in [0.29, 0.717) is 18.3 Å². The van der Waals surface area contributed by atoms with Crippen LogP contribution < -0.4 is 5.73 Å². The van der Waals surface area contributed by atoms with Crippen LogP contribution in [0.5, 0.6) is 0 Å². The highest BCUT2D eigenvalue weighted by atomic mass is 16.5. The second-order valence-corrected chi connectivity index (χ2v) is 6.00. The maximum atomic E-state index is 6.00. The van der Waals surface area contributed by atoms with E-state index in [1.807, 2.05) is 0 Å². The molecule has 5 heteroatoms. The predicted molar refractivity (Wildman–Crippen MR) is 70.6 cm³/mol. The Morgan fingerprint density at radius 3 is 2.68 bits per heavy atom. The van der Waals surface area contributed by atoms with Gasteiger partial charge in [0.05, 0.1) is 5.41 Å². The van der Waals surface area contributed by atoms with Gasteiger partial charge in [0.2, 0.25) is 11.7 Å². The molecule has 1 heterocycles. The van der Waals surface area contributed by atoms with Crippen molar-refractivity contribution in [1.82, 2.24) is 10.1 Å². The quantitative estimate of drug-likeness (QED) is 0.884. The molecule has 1 aromatic heterocycles. The lowest BCUT2D eigenvalue weighted by Crippen LogP contribution is -2.37. The van der Waals surface area contributed by atoms with Gasteiger partial charge in [0.15, 0.2) is 0 Å². The summed E-state index contributed by atoms with van der Waals surface area (Å²) < 4.78 is 11.0. The Labute approximate surface area is 113 Å². The Balaban J connectivity index is 1.82. The van der Waals surface area contributed by atoms with Gasteiger partial charge < -0.3 is 15.0 Å². The SMILES string of the molecule is COC(c1noc(C2(CN)CCCCC2)n1)C1CC1. The fourth-order valence-electron chi connectivity index (χ4n) is 3.21. The lowest BCUT2D eigenvalue weighted by Gasteiger charge is -2.32. The van der Waals surface area contributed by atoms with Gasteiger partial charge in [-0.2, -0.15) is 4.98 Å². The molecule has 2 aliphatic carbocycles. The van der Waals surface area contributed by atoms with E-state index >= 15 is 0 Å². The first kappa shape index (κ1) is 13.1. The van der Waals surface area contributed by atoms with Crippen molar-refractivity contribution in [2.24, 2.45) is 11.7 Å². The zero-order valence-electron chi connectivity index (χ0n) is 11.6. The summed E-state index contributed by atoms with van der Waals surface area (Å²) in [6, 6.07) is 0. The Morgan fingerprint density at radius 2 is 2.11 bits per heavy atom. The number of ether oxygens (including phenoxy) is 1. The maximum Gasteiger partial charge on any atom is 0.234 e. The van der Waals surface area contributed by atoms with E-state index in [0.717, 1.165) is 18.7 Å². The zero-order valence-corrected chi connectivity index (χ0v) is 11.6. The molecular weight excluding hydrogens is 242 g/mol.